The summed E-state index contributed by atoms with van der Waals surface area (Å²) < 4.78 is 15.3. The molecule has 2 heterocycles. The van der Waals surface area contributed by atoms with Gasteiger partial charge in [-0.05, 0) is 43.4 Å². The summed E-state index contributed by atoms with van der Waals surface area (Å²) in [5, 5.41) is 0. The zero-order valence-corrected chi connectivity index (χ0v) is 17.6. The van der Waals surface area contributed by atoms with Crippen molar-refractivity contribution in [3.8, 4) is 22.8 Å². The Balaban J connectivity index is 1.80. The fraction of sp³-hybridized carbons (Fsp3) is 0.348. The first kappa shape index (κ1) is 19.3. The highest BCUT2D eigenvalue weighted by molar-refractivity contribution is 5.82. The zero-order chi connectivity index (χ0) is 20.4. The second kappa shape index (κ2) is 8.17. The normalized spacial score (nSPS) is 11.6. The average molecular weight is 393 g/mol. The van der Waals surface area contributed by atoms with E-state index in [1.165, 1.54) is 11.0 Å². The molecule has 0 amide bonds. The monoisotopic (exact) mass is 392 g/mol. The van der Waals surface area contributed by atoms with E-state index in [1.54, 1.807) is 14.2 Å². The van der Waals surface area contributed by atoms with Gasteiger partial charge in [0.25, 0.3) is 0 Å². The summed E-state index contributed by atoms with van der Waals surface area (Å²) in [4.78, 5) is 7.43. The van der Waals surface area contributed by atoms with Gasteiger partial charge >= 0.3 is 0 Å². The third kappa shape index (κ3) is 3.44. The Morgan fingerprint density at radius 2 is 1.66 bits per heavy atom. The number of rotatable bonds is 8. The molecule has 0 aliphatic rings. The number of imidazole rings is 2. The Bertz CT molecular complexity index is 1120. The standard InChI is InChI=1S/C23H28N4O2/c1-5-25(6-2)13-14-26-19-9-7-8-10-20(19)27-16-18(24-23(26)27)17-11-12-21(28-3)22(15-17)29-4/h7-12,15-16H,5-6,13-14H2,1-4H3. The molecule has 6 nitrogen and oxygen atoms in total. The Hall–Kier alpha value is -2.99. The quantitative estimate of drug-likeness (QED) is 0.448. The van der Waals surface area contributed by atoms with Crippen LogP contribution < -0.4 is 9.47 Å². The van der Waals surface area contributed by atoms with Gasteiger partial charge in [0.1, 0.15) is 0 Å². The molecule has 2 aromatic heterocycles. The molecular formula is C23H28N4O2. The van der Waals surface area contributed by atoms with Crippen molar-refractivity contribution in [3.63, 3.8) is 0 Å². The van der Waals surface area contributed by atoms with E-state index in [0.29, 0.717) is 11.5 Å². The first-order valence-corrected chi connectivity index (χ1v) is 10.1. The number of fused-ring (bicyclic) bond motifs is 3. The van der Waals surface area contributed by atoms with Gasteiger partial charge in [-0.15, -0.1) is 0 Å². The molecule has 0 atom stereocenters. The van der Waals surface area contributed by atoms with E-state index in [4.69, 9.17) is 14.5 Å². The molecule has 2 aromatic carbocycles. The van der Waals surface area contributed by atoms with Crippen molar-refractivity contribution in [3.05, 3.63) is 48.7 Å². The fourth-order valence-corrected chi connectivity index (χ4v) is 3.88. The first-order chi connectivity index (χ1) is 14.2. The number of hydrogen-bond acceptors (Lipinski definition) is 4. The lowest BCUT2D eigenvalue weighted by Crippen LogP contribution is -2.27. The van der Waals surface area contributed by atoms with Crippen LogP contribution in [0.25, 0.3) is 28.1 Å². The van der Waals surface area contributed by atoms with E-state index in [0.717, 1.165) is 43.2 Å². The van der Waals surface area contributed by atoms with Crippen LogP contribution in [0.2, 0.25) is 0 Å². The summed E-state index contributed by atoms with van der Waals surface area (Å²) in [7, 11) is 3.30. The molecule has 0 fully saturated rings. The van der Waals surface area contributed by atoms with Crippen molar-refractivity contribution in [1.29, 1.82) is 0 Å². The van der Waals surface area contributed by atoms with E-state index < -0.39 is 0 Å². The van der Waals surface area contributed by atoms with Crippen molar-refractivity contribution < 1.29 is 9.47 Å². The molecule has 152 valence electrons. The molecule has 0 N–H and O–H groups in total. The summed E-state index contributed by atoms with van der Waals surface area (Å²) in [5.41, 5.74) is 4.30. The predicted molar refractivity (Wildman–Crippen MR) is 117 cm³/mol. The average Bonchev–Trinajstić information content (AvgIpc) is 3.32. The molecule has 0 saturated heterocycles. The van der Waals surface area contributed by atoms with Crippen LogP contribution in [0.4, 0.5) is 0 Å². The predicted octanol–water partition coefficient (Wildman–Crippen LogP) is 4.32. The highest BCUT2D eigenvalue weighted by Crippen LogP contribution is 2.33. The lowest BCUT2D eigenvalue weighted by Gasteiger charge is -2.18. The Morgan fingerprint density at radius 3 is 2.34 bits per heavy atom. The Kier molecular flexibility index (Phi) is 5.45. The lowest BCUT2D eigenvalue weighted by molar-refractivity contribution is 0.293. The Labute approximate surface area is 171 Å². The lowest BCUT2D eigenvalue weighted by atomic mass is 10.1. The molecule has 4 rings (SSSR count). The maximum absolute atomic E-state index is 5.47. The molecule has 0 aliphatic heterocycles. The van der Waals surface area contributed by atoms with Gasteiger partial charge in [-0.1, -0.05) is 26.0 Å². The van der Waals surface area contributed by atoms with Crippen molar-refractivity contribution in [2.75, 3.05) is 33.9 Å². The van der Waals surface area contributed by atoms with Crippen molar-refractivity contribution in [2.45, 2.75) is 20.4 Å². The molecule has 29 heavy (non-hydrogen) atoms. The SMILES string of the molecule is CCN(CC)CCn1c2ccccc2n2cc(-c3ccc(OC)c(OC)c3)nc12. The summed E-state index contributed by atoms with van der Waals surface area (Å²) >= 11 is 0. The fourth-order valence-electron chi connectivity index (χ4n) is 3.88. The number of ether oxygens (including phenoxy) is 2. The number of aromatic nitrogens is 3. The molecular weight excluding hydrogens is 364 g/mol. The van der Waals surface area contributed by atoms with Crippen LogP contribution in [-0.2, 0) is 6.54 Å². The van der Waals surface area contributed by atoms with Gasteiger partial charge in [0.05, 0.1) is 30.9 Å². The Morgan fingerprint density at radius 1 is 0.931 bits per heavy atom. The van der Waals surface area contributed by atoms with Crippen LogP contribution in [0.5, 0.6) is 11.5 Å². The van der Waals surface area contributed by atoms with E-state index >= 15 is 0 Å². The minimum Gasteiger partial charge on any atom is -0.493 e. The van der Waals surface area contributed by atoms with Crippen molar-refractivity contribution >= 4 is 16.8 Å². The summed E-state index contributed by atoms with van der Waals surface area (Å²) in [5.74, 6) is 2.38. The summed E-state index contributed by atoms with van der Waals surface area (Å²) in [6, 6.07) is 14.4. The third-order valence-electron chi connectivity index (χ3n) is 5.57. The first-order valence-electron chi connectivity index (χ1n) is 10.1. The van der Waals surface area contributed by atoms with Crippen LogP contribution in [-0.4, -0.2) is 52.7 Å². The van der Waals surface area contributed by atoms with Gasteiger partial charge < -0.3 is 18.9 Å². The van der Waals surface area contributed by atoms with Crippen molar-refractivity contribution in [1.82, 2.24) is 18.9 Å². The number of benzene rings is 2. The largest absolute Gasteiger partial charge is 0.493 e. The topological polar surface area (TPSA) is 43.9 Å². The highest BCUT2D eigenvalue weighted by Gasteiger charge is 2.16. The molecule has 0 bridgehead atoms. The van der Waals surface area contributed by atoms with Crippen LogP contribution >= 0.6 is 0 Å². The van der Waals surface area contributed by atoms with Crippen LogP contribution in [0, 0.1) is 0 Å². The molecule has 0 radical (unpaired) electrons. The second-order valence-corrected chi connectivity index (χ2v) is 7.03. The maximum atomic E-state index is 5.47. The van der Waals surface area contributed by atoms with Crippen LogP contribution in [0.1, 0.15) is 13.8 Å². The van der Waals surface area contributed by atoms with Crippen LogP contribution in [0.3, 0.4) is 0 Å². The number of methoxy groups -OCH3 is 2. The minimum atomic E-state index is 0.706. The minimum absolute atomic E-state index is 0.706. The number of para-hydroxylation sites is 2. The van der Waals surface area contributed by atoms with Gasteiger partial charge in [-0.2, -0.15) is 0 Å². The van der Waals surface area contributed by atoms with E-state index in [2.05, 4.69) is 58.2 Å². The smallest absolute Gasteiger partial charge is 0.215 e. The van der Waals surface area contributed by atoms with Crippen molar-refractivity contribution in [2.24, 2.45) is 0 Å². The highest BCUT2D eigenvalue weighted by atomic mass is 16.5. The molecule has 6 heteroatoms. The third-order valence-corrected chi connectivity index (χ3v) is 5.57. The number of hydrogen-bond donors (Lipinski definition) is 0. The molecule has 0 spiro atoms. The van der Waals surface area contributed by atoms with E-state index in [-0.39, 0.29) is 0 Å². The summed E-state index contributed by atoms with van der Waals surface area (Å²) in [6.07, 6.45) is 2.10. The van der Waals surface area contributed by atoms with Gasteiger partial charge in [0.15, 0.2) is 11.5 Å². The van der Waals surface area contributed by atoms with Gasteiger partial charge in [0, 0.05) is 24.8 Å². The molecule has 0 aliphatic carbocycles. The molecule has 4 aromatic rings. The zero-order valence-electron chi connectivity index (χ0n) is 17.6. The van der Waals surface area contributed by atoms with Crippen LogP contribution in [0.15, 0.2) is 48.7 Å². The molecule has 0 saturated carbocycles. The van der Waals surface area contributed by atoms with E-state index in [1.807, 2.05) is 18.2 Å². The molecule has 0 unspecified atom stereocenters. The van der Waals surface area contributed by atoms with E-state index in [9.17, 15) is 0 Å². The second-order valence-electron chi connectivity index (χ2n) is 7.03. The maximum Gasteiger partial charge on any atom is 0.215 e. The number of likely N-dealkylation sites (N-methyl/N-ethyl adjacent to an activating group) is 1. The van der Waals surface area contributed by atoms with Gasteiger partial charge in [-0.3, -0.25) is 4.40 Å². The van der Waals surface area contributed by atoms with Gasteiger partial charge in [-0.25, -0.2) is 4.98 Å². The number of nitrogens with zero attached hydrogens (tertiary/aromatic N) is 4. The summed E-state index contributed by atoms with van der Waals surface area (Å²) in [6.45, 7) is 8.42. The van der Waals surface area contributed by atoms with Gasteiger partial charge in [0.2, 0.25) is 5.78 Å².